The maximum atomic E-state index is 5.83. The van der Waals surface area contributed by atoms with Crippen molar-refractivity contribution in [2.45, 2.75) is 26.4 Å². The number of nitrogens with one attached hydrogen (secondary N) is 1. The fraction of sp³-hybridized carbons (Fsp3) is 0.538. The quantitative estimate of drug-likeness (QED) is 0.600. The van der Waals surface area contributed by atoms with Gasteiger partial charge in [-0.3, -0.25) is 15.2 Å². The lowest BCUT2D eigenvalue weighted by atomic mass is 10.0. The fourth-order valence-corrected chi connectivity index (χ4v) is 3.05. The molecule has 116 valence electrons. The van der Waals surface area contributed by atoms with E-state index < -0.39 is 0 Å². The molecule has 0 saturated carbocycles. The van der Waals surface area contributed by atoms with Crippen LogP contribution in [0.1, 0.15) is 28.7 Å². The van der Waals surface area contributed by atoms with Crippen molar-refractivity contribution < 1.29 is 4.74 Å². The number of hydrogen-bond acceptors (Lipinski definition) is 5. The molecule has 0 spiro atoms. The third-order valence-corrected chi connectivity index (χ3v) is 4.25. The first kappa shape index (κ1) is 16.2. The summed E-state index contributed by atoms with van der Waals surface area (Å²) in [6.07, 6.45) is 1.77. The summed E-state index contributed by atoms with van der Waals surface area (Å²) in [5.74, 6) is 5.83. The van der Waals surface area contributed by atoms with E-state index >= 15 is 0 Å². The molecule has 0 fully saturated rings. The van der Waals surface area contributed by atoms with Gasteiger partial charge in [0.25, 0.3) is 0 Å². The zero-order valence-electron chi connectivity index (χ0n) is 12.7. The van der Waals surface area contributed by atoms with Crippen LogP contribution in [-0.2, 0) is 18.3 Å². The van der Waals surface area contributed by atoms with Crippen LogP contribution in [-0.4, -0.2) is 33.3 Å². The van der Waals surface area contributed by atoms with Gasteiger partial charge in [0.1, 0.15) is 0 Å². The second kappa shape index (κ2) is 6.69. The average molecular weight is 357 g/mol. The lowest BCUT2D eigenvalue weighted by Crippen LogP contribution is -2.32. The maximum absolute atomic E-state index is 5.83. The molecule has 0 saturated heterocycles. The summed E-state index contributed by atoms with van der Waals surface area (Å²) in [4.78, 5) is 0. The van der Waals surface area contributed by atoms with Gasteiger partial charge in [-0.25, -0.2) is 5.43 Å². The molecule has 0 radical (unpaired) electrons. The number of ether oxygens (including phenoxy) is 1. The summed E-state index contributed by atoms with van der Waals surface area (Å²) >= 11 is 3.56. The topological polar surface area (TPSA) is 82.9 Å². The predicted molar refractivity (Wildman–Crippen MR) is 83.7 cm³/mol. The number of methoxy groups -OCH3 is 1. The molecule has 2 aromatic heterocycles. The zero-order valence-corrected chi connectivity index (χ0v) is 14.3. The Morgan fingerprint density at radius 3 is 2.71 bits per heavy atom. The van der Waals surface area contributed by atoms with Gasteiger partial charge in [-0.2, -0.15) is 10.2 Å². The van der Waals surface area contributed by atoms with Crippen LogP contribution in [0.3, 0.4) is 0 Å². The number of hydrazine groups is 1. The largest absolute Gasteiger partial charge is 0.383 e. The van der Waals surface area contributed by atoms with Gasteiger partial charge in [0.2, 0.25) is 0 Å². The molecule has 2 rings (SSSR count). The van der Waals surface area contributed by atoms with Crippen molar-refractivity contribution in [1.29, 1.82) is 0 Å². The van der Waals surface area contributed by atoms with Crippen LogP contribution in [0.4, 0.5) is 0 Å². The van der Waals surface area contributed by atoms with E-state index in [0.717, 1.165) is 27.1 Å². The predicted octanol–water partition coefficient (Wildman–Crippen LogP) is 1.20. The summed E-state index contributed by atoms with van der Waals surface area (Å²) in [6, 6.07) is -0.188. The van der Waals surface area contributed by atoms with E-state index in [1.165, 1.54) is 0 Å². The molecule has 8 heteroatoms. The first-order valence-corrected chi connectivity index (χ1v) is 7.46. The van der Waals surface area contributed by atoms with Crippen LogP contribution in [0.15, 0.2) is 10.7 Å². The van der Waals surface area contributed by atoms with Crippen LogP contribution < -0.4 is 11.3 Å². The summed E-state index contributed by atoms with van der Waals surface area (Å²) < 4.78 is 9.80. The third-order valence-electron chi connectivity index (χ3n) is 3.63. The van der Waals surface area contributed by atoms with Gasteiger partial charge in [0.05, 0.1) is 41.3 Å². The Hall–Kier alpha value is -1.22. The van der Waals surface area contributed by atoms with Crippen molar-refractivity contribution in [3.8, 4) is 0 Å². The monoisotopic (exact) mass is 356 g/mol. The minimum absolute atomic E-state index is 0.188. The van der Waals surface area contributed by atoms with E-state index in [0.29, 0.717) is 13.2 Å². The lowest BCUT2D eigenvalue weighted by Gasteiger charge is -2.19. The van der Waals surface area contributed by atoms with Gasteiger partial charge in [0, 0.05) is 25.4 Å². The molecule has 0 aliphatic rings. The van der Waals surface area contributed by atoms with E-state index in [2.05, 4.69) is 31.6 Å². The molecule has 21 heavy (non-hydrogen) atoms. The van der Waals surface area contributed by atoms with E-state index in [-0.39, 0.29) is 6.04 Å². The molecule has 2 aromatic rings. The molecule has 7 nitrogen and oxygen atoms in total. The minimum atomic E-state index is -0.188. The van der Waals surface area contributed by atoms with E-state index in [1.54, 1.807) is 13.3 Å². The van der Waals surface area contributed by atoms with Crippen molar-refractivity contribution in [3.63, 3.8) is 0 Å². The Labute approximate surface area is 132 Å². The highest BCUT2D eigenvalue weighted by Crippen LogP contribution is 2.31. The Morgan fingerprint density at radius 2 is 2.19 bits per heavy atom. The Balaban J connectivity index is 2.49. The molecular weight excluding hydrogens is 336 g/mol. The number of hydrogen-bond donors (Lipinski definition) is 2. The van der Waals surface area contributed by atoms with Gasteiger partial charge >= 0.3 is 0 Å². The molecule has 2 heterocycles. The van der Waals surface area contributed by atoms with Gasteiger partial charge in [-0.05, 0) is 29.8 Å². The second-order valence-corrected chi connectivity index (χ2v) is 5.76. The lowest BCUT2D eigenvalue weighted by molar-refractivity contribution is 0.182. The molecule has 0 aromatic carbocycles. The first-order valence-electron chi connectivity index (χ1n) is 6.67. The normalized spacial score (nSPS) is 12.9. The van der Waals surface area contributed by atoms with Gasteiger partial charge in [0.15, 0.2) is 0 Å². The summed E-state index contributed by atoms with van der Waals surface area (Å²) in [7, 11) is 3.60. The van der Waals surface area contributed by atoms with Crippen LogP contribution in [0.25, 0.3) is 0 Å². The van der Waals surface area contributed by atoms with Crippen LogP contribution >= 0.6 is 15.9 Å². The summed E-state index contributed by atoms with van der Waals surface area (Å²) in [5, 5.41) is 8.84. The number of nitrogens with two attached hydrogens (primary N) is 1. The van der Waals surface area contributed by atoms with E-state index in [9.17, 15) is 0 Å². The third kappa shape index (κ3) is 3.03. The highest BCUT2D eigenvalue weighted by atomic mass is 79.9. The number of halogens is 1. The average Bonchev–Trinajstić information content (AvgIpc) is 2.93. The van der Waals surface area contributed by atoms with Crippen LogP contribution in [0.5, 0.6) is 0 Å². The molecule has 0 aliphatic carbocycles. The van der Waals surface area contributed by atoms with Gasteiger partial charge < -0.3 is 4.74 Å². The summed E-state index contributed by atoms with van der Waals surface area (Å²) in [6.45, 7) is 5.26. The fourth-order valence-electron chi connectivity index (χ4n) is 2.52. The maximum Gasteiger partial charge on any atom is 0.0925 e. The molecule has 0 aliphatic heterocycles. The van der Waals surface area contributed by atoms with E-state index in [1.807, 2.05) is 30.3 Å². The van der Waals surface area contributed by atoms with Crippen molar-refractivity contribution in [3.05, 3.63) is 33.3 Å². The Morgan fingerprint density at radius 1 is 1.48 bits per heavy atom. The van der Waals surface area contributed by atoms with Crippen molar-refractivity contribution in [2.75, 3.05) is 13.7 Å². The van der Waals surface area contributed by atoms with Crippen LogP contribution in [0.2, 0.25) is 0 Å². The van der Waals surface area contributed by atoms with Crippen LogP contribution in [0, 0.1) is 13.8 Å². The molecule has 1 unspecified atom stereocenters. The SMILES string of the molecule is COCCn1ncc(Br)c1C(NN)c1c(C)nn(C)c1C. The smallest absolute Gasteiger partial charge is 0.0925 e. The highest BCUT2D eigenvalue weighted by Gasteiger charge is 2.26. The molecule has 0 amide bonds. The minimum Gasteiger partial charge on any atom is -0.383 e. The number of nitrogens with zero attached hydrogens (tertiary/aromatic N) is 4. The number of rotatable bonds is 6. The second-order valence-electron chi connectivity index (χ2n) is 4.90. The molecule has 0 bridgehead atoms. The Bertz CT molecular complexity index is 620. The number of aryl methyl sites for hydroxylation is 2. The van der Waals surface area contributed by atoms with Crippen molar-refractivity contribution in [2.24, 2.45) is 12.9 Å². The first-order chi connectivity index (χ1) is 10.0. The zero-order chi connectivity index (χ0) is 15.6. The highest BCUT2D eigenvalue weighted by molar-refractivity contribution is 9.10. The van der Waals surface area contributed by atoms with Gasteiger partial charge in [-0.1, -0.05) is 0 Å². The summed E-state index contributed by atoms with van der Waals surface area (Å²) in [5.41, 5.74) is 6.94. The molecular formula is C13H21BrN6O. The van der Waals surface area contributed by atoms with Crippen molar-refractivity contribution >= 4 is 15.9 Å². The molecule has 1 atom stereocenters. The molecule has 3 N–H and O–H groups in total. The van der Waals surface area contributed by atoms with E-state index in [4.69, 9.17) is 10.6 Å². The standard InChI is InChI=1S/C13H21BrN6O/c1-8-11(9(2)19(3)18-8)12(17-15)13-10(14)7-16-20(13)5-6-21-4/h7,12,17H,5-6,15H2,1-4H3. The van der Waals surface area contributed by atoms with Gasteiger partial charge in [-0.15, -0.1) is 0 Å². The Kier molecular flexibility index (Phi) is 5.15. The van der Waals surface area contributed by atoms with Crippen molar-refractivity contribution in [1.82, 2.24) is 25.0 Å². The number of aromatic nitrogens is 4.